The molecule has 0 saturated carbocycles. The Balaban J connectivity index is 0.745. The van der Waals surface area contributed by atoms with Gasteiger partial charge in [0.05, 0.1) is 23.4 Å². The highest BCUT2D eigenvalue weighted by Gasteiger charge is 2.46. The highest BCUT2D eigenvalue weighted by molar-refractivity contribution is 6.33. The fourth-order valence-corrected chi connectivity index (χ4v) is 10.7. The topological polar surface area (TPSA) is 121 Å². The van der Waals surface area contributed by atoms with Crippen molar-refractivity contribution in [3.63, 3.8) is 0 Å². The Hall–Kier alpha value is -5.52. The first-order chi connectivity index (χ1) is 28.9. The van der Waals surface area contributed by atoms with E-state index in [1.165, 1.54) is 6.07 Å². The number of fused-ring (bicyclic) bond motifs is 1. The van der Waals surface area contributed by atoms with Crippen LogP contribution in [0.2, 0.25) is 5.02 Å². The highest BCUT2D eigenvalue weighted by atomic mass is 35.5. The van der Waals surface area contributed by atoms with Gasteiger partial charge in [-0.05, 0) is 99.4 Å². The maximum absolute atomic E-state index is 15.5. The van der Waals surface area contributed by atoms with E-state index in [0.717, 1.165) is 87.2 Å². The molecule has 0 aliphatic carbocycles. The first-order valence-electron chi connectivity index (χ1n) is 21.0. The van der Waals surface area contributed by atoms with E-state index < -0.39 is 35.5 Å². The van der Waals surface area contributed by atoms with Gasteiger partial charge in [-0.25, -0.2) is 9.24 Å². The Morgan fingerprint density at radius 3 is 2.15 bits per heavy atom. The SMILES string of the molecule is [C-]#[N+]c1ccc(N2CC3(CCN(c4ccc(C(=O)N5CCN(C6CCN(c7cc8c(cc7F)C(=O)N(C7CCC(=O)NC7=O)C8=O)CC6)CC5)cc4)CC3)C[C@@H]2C)cc1Cl. The van der Waals surface area contributed by atoms with Crippen molar-refractivity contribution in [2.75, 3.05) is 73.6 Å². The molecule has 5 fully saturated rings. The number of anilines is 3. The quantitative estimate of drug-likeness (QED) is 0.245. The summed E-state index contributed by atoms with van der Waals surface area (Å²) in [7, 11) is 0. The first-order valence-corrected chi connectivity index (χ1v) is 21.4. The van der Waals surface area contributed by atoms with Crippen LogP contribution in [0.3, 0.4) is 0 Å². The van der Waals surface area contributed by atoms with Gasteiger partial charge in [0.15, 0.2) is 0 Å². The number of halogens is 2. The zero-order valence-corrected chi connectivity index (χ0v) is 34.4. The van der Waals surface area contributed by atoms with Gasteiger partial charge in [-0.3, -0.25) is 39.1 Å². The number of benzene rings is 3. The van der Waals surface area contributed by atoms with Gasteiger partial charge in [-0.15, -0.1) is 0 Å². The minimum Gasteiger partial charge on any atom is -0.371 e. The van der Waals surface area contributed by atoms with E-state index in [4.69, 9.17) is 18.2 Å². The van der Waals surface area contributed by atoms with Gasteiger partial charge < -0.3 is 19.6 Å². The zero-order valence-electron chi connectivity index (χ0n) is 33.7. The predicted octanol–water partition coefficient (Wildman–Crippen LogP) is 5.74. The van der Waals surface area contributed by atoms with Crippen molar-refractivity contribution in [2.24, 2.45) is 5.41 Å². The summed E-state index contributed by atoms with van der Waals surface area (Å²) in [4.78, 5) is 79.6. The highest BCUT2D eigenvalue weighted by Crippen LogP contribution is 2.46. The summed E-state index contributed by atoms with van der Waals surface area (Å²) in [5.41, 5.74) is 3.88. The molecule has 9 rings (SSSR count). The summed E-state index contributed by atoms with van der Waals surface area (Å²) in [6.45, 7) is 16.4. The molecule has 5 amide bonds. The van der Waals surface area contributed by atoms with Crippen LogP contribution in [0, 0.1) is 17.8 Å². The fraction of sp³-hybridized carbons (Fsp3) is 0.467. The van der Waals surface area contributed by atoms with E-state index in [1.807, 2.05) is 40.1 Å². The van der Waals surface area contributed by atoms with Crippen LogP contribution in [0.5, 0.6) is 0 Å². The van der Waals surface area contributed by atoms with Gasteiger partial charge in [0.25, 0.3) is 17.7 Å². The summed E-state index contributed by atoms with van der Waals surface area (Å²) < 4.78 is 15.5. The van der Waals surface area contributed by atoms with Crippen LogP contribution in [0.4, 0.5) is 27.1 Å². The Morgan fingerprint density at radius 1 is 0.833 bits per heavy atom. The van der Waals surface area contributed by atoms with Gasteiger partial charge in [-0.1, -0.05) is 17.7 Å². The second-order valence-corrected chi connectivity index (χ2v) is 17.7. The Bertz CT molecular complexity index is 2290. The molecule has 0 bridgehead atoms. The average molecular weight is 835 g/mol. The molecule has 312 valence electrons. The van der Waals surface area contributed by atoms with E-state index in [0.29, 0.717) is 48.5 Å². The number of imide groups is 2. The smallest absolute Gasteiger partial charge is 0.262 e. The van der Waals surface area contributed by atoms with Crippen molar-refractivity contribution < 1.29 is 28.4 Å². The number of piperidine rings is 3. The largest absolute Gasteiger partial charge is 0.371 e. The lowest BCUT2D eigenvalue weighted by Crippen LogP contribution is -2.54. The van der Waals surface area contributed by atoms with Crippen molar-refractivity contribution in [1.29, 1.82) is 0 Å². The molecule has 1 unspecified atom stereocenters. The van der Waals surface area contributed by atoms with Crippen LogP contribution in [0.15, 0.2) is 54.6 Å². The number of carbonyl (C=O) groups is 5. The molecule has 3 aromatic carbocycles. The summed E-state index contributed by atoms with van der Waals surface area (Å²) in [6.07, 6.45) is 4.92. The Morgan fingerprint density at radius 2 is 1.50 bits per heavy atom. The van der Waals surface area contributed by atoms with Crippen LogP contribution in [0.1, 0.15) is 82.9 Å². The van der Waals surface area contributed by atoms with E-state index in [9.17, 15) is 24.0 Å². The van der Waals surface area contributed by atoms with Crippen molar-refractivity contribution in [3.05, 3.63) is 93.5 Å². The van der Waals surface area contributed by atoms with Crippen LogP contribution in [0.25, 0.3) is 4.85 Å². The Labute approximate surface area is 353 Å². The van der Waals surface area contributed by atoms with Crippen LogP contribution >= 0.6 is 11.6 Å². The molecule has 60 heavy (non-hydrogen) atoms. The third-order valence-electron chi connectivity index (χ3n) is 13.9. The lowest BCUT2D eigenvalue weighted by atomic mass is 9.76. The minimum absolute atomic E-state index is 0.0139. The standard InChI is InChI=1S/C45H48ClFN8O5/c1-28-26-45(27-54(28)32-7-8-37(48-2)35(46)23-32)13-17-50(18-14-45)30-5-3-29(4-6-30)42(58)53-21-19-51(20-22-53)31-11-15-52(16-12-31)39-25-34-33(24-36(39)47)43(59)55(44(34)60)38-9-10-40(56)49-41(38)57/h3-8,23-25,28,31,38H,9-22,26-27H2,1H3,(H,49,56,57)/t28-,38?/m0/s1. The van der Waals surface area contributed by atoms with Gasteiger partial charge in [0.1, 0.15) is 11.9 Å². The number of carbonyl (C=O) groups excluding carboxylic acids is 5. The average Bonchev–Trinajstić information content (AvgIpc) is 3.70. The van der Waals surface area contributed by atoms with Crippen molar-refractivity contribution >= 4 is 63.9 Å². The van der Waals surface area contributed by atoms with Gasteiger partial charge in [0, 0.05) is 99.4 Å². The summed E-state index contributed by atoms with van der Waals surface area (Å²) >= 11 is 6.38. The number of nitrogens with one attached hydrogen (secondary N) is 1. The van der Waals surface area contributed by atoms with Gasteiger partial charge >= 0.3 is 0 Å². The molecule has 0 aromatic heterocycles. The predicted molar refractivity (Wildman–Crippen MR) is 225 cm³/mol. The fourth-order valence-electron chi connectivity index (χ4n) is 10.5. The molecule has 15 heteroatoms. The number of hydrogen-bond donors (Lipinski definition) is 1. The lowest BCUT2D eigenvalue weighted by molar-refractivity contribution is -0.136. The van der Waals surface area contributed by atoms with Gasteiger partial charge in [-0.2, -0.15) is 0 Å². The Kier molecular flexibility index (Phi) is 10.5. The molecule has 3 aromatic rings. The molecule has 2 atom stereocenters. The molecule has 6 heterocycles. The molecular weight excluding hydrogens is 787 g/mol. The summed E-state index contributed by atoms with van der Waals surface area (Å²) in [5, 5.41) is 2.69. The van der Waals surface area contributed by atoms with Crippen molar-refractivity contribution in [1.82, 2.24) is 20.0 Å². The second-order valence-electron chi connectivity index (χ2n) is 17.3. The number of amides is 5. The van der Waals surface area contributed by atoms with Crippen LogP contribution in [-0.4, -0.2) is 121 Å². The van der Waals surface area contributed by atoms with E-state index in [-0.39, 0.29) is 47.0 Å². The normalized spacial score (nSPS) is 23.7. The number of hydrogen-bond acceptors (Lipinski definition) is 9. The first kappa shape index (κ1) is 39.9. The molecular formula is C45H48ClFN8O5. The number of nitrogens with zero attached hydrogens (tertiary/aromatic N) is 7. The van der Waals surface area contributed by atoms with E-state index in [2.05, 4.69) is 43.9 Å². The molecule has 6 aliphatic heterocycles. The summed E-state index contributed by atoms with van der Waals surface area (Å²) in [5.74, 6) is -3.09. The van der Waals surface area contributed by atoms with Crippen LogP contribution < -0.4 is 20.0 Å². The third kappa shape index (κ3) is 7.25. The molecule has 1 spiro atoms. The molecule has 5 saturated heterocycles. The number of rotatable bonds is 6. The zero-order chi connectivity index (χ0) is 41.9. The molecule has 0 radical (unpaired) electrons. The van der Waals surface area contributed by atoms with Crippen LogP contribution in [-0.2, 0) is 9.59 Å². The third-order valence-corrected chi connectivity index (χ3v) is 14.2. The maximum atomic E-state index is 15.5. The van der Waals surface area contributed by atoms with E-state index in [1.54, 1.807) is 0 Å². The van der Waals surface area contributed by atoms with Crippen molar-refractivity contribution in [3.8, 4) is 0 Å². The monoisotopic (exact) mass is 834 g/mol. The minimum atomic E-state index is -1.10. The number of piperazine rings is 1. The maximum Gasteiger partial charge on any atom is 0.262 e. The lowest BCUT2D eigenvalue weighted by Gasteiger charge is -2.43. The second kappa shape index (κ2) is 15.8. The summed E-state index contributed by atoms with van der Waals surface area (Å²) in [6, 6.07) is 15.9. The van der Waals surface area contributed by atoms with Crippen molar-refractivity contribution in [2.45, 2.75) is 70.0 Å². The van der Waals surface area contributed by atoms with E-state index >= 15 is 4.39 Å². The molecule has 13 nitrogen and oxygen atoms in total. The van der Waals surface area contributed by atoms with Gasteiger partial charge in [0.2, 0.25) is 17.5 Å². The molecule has 6 aliphatic rings. The molecule has 1 N–H and O–H groups in total.